The van der Waals surface area contributed by atoms with Gasteiger partial charge in [0.1, 0.15) is 0 Å². The molecular weight excluding hydrogens is 598 g/mol. The molecule has 0 aromatic heterocycles. The molecule has 3 fully saturated rings. The van der Waals surface area contributed by atoms with Crippen molar-refractivity contribution in [3.05, 3.63) is 65.2 Å². The number of piperidine rings is 1. The minimum absolute atomic E-state index is 0.0374. The Morgan fingerprint density at radius 1 is 1.00 bits per heavy atom. The Labute approximate surface area is 278 Å². The Bertz CT molecular complexity index is 1390. The smallest absolute Gasteiger partial charge is 0.303 e. The molecule has 10 heteroatoms. The van der Waals surface area contributed by atoms with Crippen LogP contribution in [-0.4, -0.2) is 64.2 Å². The van der Waals surface area contributed by atoms with E-state index >= 15 is 0 Å². The number of aliphatic hydroxyl groups excluding tert-OH is 1. The number of hydrogen-bond donors (Lipinski definition) is 3. The zero-order valence-electron chi connectivity index (χ0n) is 28.4. The number of esters is 1. The van der Waals surface area contributed by atoms with E-state index in [1.165, 1.54) is 26.7 Å². The van der Waals surface area contributed by atoms with E-state index in [0.29, 0.717) is 30.6 Å². The predicted octanol–water partition coefficient (Wildman–Crippen LogP) is 5.55. The number of amides is 2. The first-order valence-corrected chi connectivity index (χ1v) is 17.1. The van der Waals surface area contributed by atoms with Gasteiger partial charge in [0.2, 0.25) is 5.91 Å². The molecule has 0 spiro atoms. The van der Waals surface area contributed by atoms with Gasteiger partial charge in [-0.2, -0.15) is 0 Å². The van der Waals surface area contributed by atoms with Gasteiger partial charge in [0.05, 0.1) is 24.9 Å². The van der Waals surface area contributed by atoms with E-state index in [1.807, 2.05) is 63.2 Å². The number of nitrogens with one attached hydrogen (secondary N) is 2. The number of nitrogens with zero attached hydrogens (tertiary/aromatic N) is 1. The fourth-order valence-corrected chi connectivity index (χ4v) is 7.31. The fraction of sp³-hybridized carbons (Fsp3) is 0.595. The Balaban J connectivity index is 1.41. The Hall–Kier alpha value is -3.31. The van der Waals surface area contributed by atoms with Gasteiger partial charge in [0.15, 0.2) is 12.4 Å². The van der Waals surface area contributed by atoms with Crippen molar-refractivity contribution in [2.75, 3.05) is 11.9 Å². The van der Waals surface area contributed by atoms with E-state index in [2.05, 4.69) is 15.5 Å². The Kier molecular flexibility index (Phi) is 11.4. The van der Waals surface area contributed by atoms with Crippen LogP contribution in [0.1, 0.15) is 109 Å². The maximum atomic E-state index is 13.7. The van der Waals surface area contributed by atoms with E-state index in [-0.39, 0.29) is 36.3 Å². The summed E-state index contributed by atoms with van der Waals surface area (Å²) in [5.74, 6) is -0.308. The molecule has 10 nitrogen and oxygen atoms in total. The Morgan fingerprint density at radius 2 is 1.74 bits per heavy atom. The standard InChI is InChI=1S/C37H51N3O7/c1-23(45-24(2)42)34(43)38-29-11-8-10-28(19-29)36-46-30(20-33(47-36)27-15-13-25(22-41)14-16-27)21-40-31-12-7-6-9-26(31)17-18-32(40)35(44)39-37(3,4)5/h8,10-11,13-16,19,23,26,30-33,36,41H,6-7,9,12,17-18,20-22H2,1-5H3,(H,38,43)(H,39,44)/t23-,26+,30-,31+,32+,33+,36+/m0/s1. The number of carbonyl (C=O) groups is 3. The molecule has 2 heterocycles. The van der Waals surface area contributed by atoms with E-state index in [4.69, 9.17) is 14.2 Å². The summed E-state index contributed by atoms with van der Waals surface area (Å²) in [6, 6.07) is 15.2. The lowest BCUT2D eigenvalue weighted by atomic mass is 9.75. The molecule has 2 aromatic carbocycles. The minimum Gasteiger partial charge on any atom is -0.453 e. The highest BCUT2D eigenvalue weighted by Gasteiger charge is 2.44. The monoisotopic (exact) mass is 649 g/mol. The molecule has 1 saturated carbocycles. The highest BCUT2D eigenvalue weighted by Crippen LogP contribution is 2.42. The van der Waals surface area contributed by atoms with E-state index in [0.717, 1.165) is 42.4 Å². The van der Waals surface area contributed by atoms with Crippen LogP contribution in [0.2, 0.25) is 0 Å². The maximum Gasteiger partial charge on any atom is 0.303 e. The summed E-state index contributed by atoms with van der Waals surface area (Å²) in [4.78, 5) is 40.2. The second-order valence-corrected chi connectivity index (χ2v) is 14.4. The van der Waals surface area contributed by atoms with Crippen molar-refractivity contribution in [2.45, 2.75) is 128 Å². The number of ether oxygens (including phenoxy) is 3. The third-order valence-corrected chi connectivity index (χ3v) is 9.47. The number of benzene rings is 2. The molecule has 2 aromatic rings. The molecule has 0 unspecified atom stereocenters. The van der Waals surface area contributed by atoms with Crippen molar-refractivity contribution in [1.29, 1.82) is 0 Å². The zero-order valence-corrected chi connectivity index (χ0v) is 28.4. The van der Waals surface area contributed by atoms with Gasteiger partial charge in [-0.3, -0.25) is 19.3 Å². The van der Waals surface area contributed by atoms with Crippen molar-refractivity contribution >= 4 is 23.5 Å². The van der Waals surface area contributed by atoms with Crippen molar-refractivity contribution < 1.29 is 33.7 Å². The molecule has 1 aliphatic carbocycles. The molecule has 3 aliphatic rings. The number of rotatable bonds is 9. The normalized spacial score (nSPS) is 27.3. The first-order chi connectivity index (χ1) is 22.4. The first-order valence-electron chi connectivity index (χ1n) is 17.1. The summed E-state index contributed by atoms with van der Waals surface area (Å²) >= 11 is 0. The first kappa shape index (κ1) is 35.0. The van der Waals surface area contributed by atoms with Crippen LogP contribution in [0.15, 0.2) is 48.5 Å². The van der Waals surface area contributed by atoms with Crippen molar-refractivity contribution in [2.24, 2.45) is 5.92 Å². The summed E-state index contributed by atoms with van der Waals surface area (Å²) in [7, 11) is 0. The SMILES string of the molecule is CC(=O)O[C@@H](C)C(=O)Nc1cccc([C@@H]2O[C@H](CN3[C@@H](C(=O)NC(C)(C)C)CC[C@H]4CCCC[C@H]43)C[C@H](c3ccc(CO)cc3)O2)c1. The highest BCUT2D eigenvalue weighted by molar-refractivity contribution is 5.95. The van der Waals surface area contributed by atoms with Crippen LogP contribution in [-0.2, 0) is 35.2 Å². The summed E-state index contributed by atoms with van der Waals surface area (Å²) in [5, 5.41) is 15.7. The van der Waals surface area contributed by atoms with E-state index in [9.17, 15) is 19.5 Å². The quantitative estimate of drug-likeness (QED) is 0.302. The van der Waals surface area contributed by atoms with Crippen LogP contribution >= 0.6 is 0 Å². The predicted molar refractivity (Wildman–Crippen MR) is 178 cm³/mol. The second-order valence-electron chi connectivity index (χ2n) is 14.4. The third-order valence-electron chi connectivity index (χ3n) is 9.47. The number of anilines is 1. The summed E-state index contributed by atoms with van der Waals surface area (Å²) < 4.78 is 18.4. The molecule has 2 amide bonds. The molecule has 3 N–H and O–H groups in total. The summed E-state index contributed by atoms with van der Waals surface area (Å²) in [6.07, 6.45) is 4.98. The Morgan fingerprint density at radius 3 is 2.45 bits per heavy atom. The molecule has 7 atom stereocenters. The second kappa shape index (κ2) is 15.3. The molecule has 256 valence electrons. The van der Waals surface area contributed by atoms with Gasteiger partial charge in [-0.15, -0.1) is 0 Å². The van der Waals surface area contributed by atoms with Gasteiger partial charge in [-0.1, -0.05) is 49.2 Å². The van der Waals surface area contributed by atoms with Crippen LogP contribution in [0, 0.1) is 5.92 Å². The van der Waals surface area contributed by atoms with Crippen LogP contribution in [0.5, 0.6) is 0 Å². The number of aliphatic hydroxyl groups is 1. The number of carbonyl (C=O) groups excluding carboxylic acids is 3. The summed E-state index contributed by atoms with van der Waals surface area (Å²) in [5.41, 5.74) is 2.75. The molecule has 47 heavy (non-hydrogen) atoms. The number of hydrogen-bond acceptors (Lipinski definition) is 8. The molecule has 2 aliphatic heterocycles. The van der Waals surface area contributed by atoms with Crippen molar-refractivity contribution in [1.82, 2.24) is 10.2 Å². The van der Waals surface area contributed by atoms with Crippen LogP contribution in [0.4, 0.5) is 5.69 Å². The summed E-state index contributed by atoms with van der Waals surface area (Å²) in [6.45, 7) is 9.42. The third kappa shape index (κ3) is 9.19. The van der Waals surface area contributed by atoms with Crippen molar-refractivity contribution in [3.8, 4) is 0 Å². The van der Waals surface area contributed by atoms with Gasteiger partial charge in [0, 0.05) is 42.7 Å². The molecule has 5 rings (SSSR count). The van der Waals surface area contributed by atoms with E-state index < -0.39 is 24.3 Å². The van der Waals surface area contributed by atoms with Gasteiger partial charge >= 0.3 is 5.97 Å². The minimum atomic E-state index is -0.939. The zero-order chi connectivity index (χ0) is 33.7. The maximum absolute atomic E-state index is 13.7. The average Bonchev–Trinajstić information content (AvgIpc) is 3.03. The van der Waals surface area contributed by atoms with Crippen LogP contribution in [0.3, 0.4) is 0 Å². The molecule has 0 bridgehead atoms. The fourth-order valence-electron chi connectivity index (χ4n) is 7.31. The lowest BCUT2D eigenvalue weighted by Gasteiger charge is -2.50. The number of fused-ring (bicyclic) bond motifs is 1. The van der Waals surface area contributed by atoms with E-state index in [1.54, 1.807) is 6.07 Å². The van der Waals surface area contributed by atoms with Gasteiger partial charge in [0.25, 0.3) is 5.91 Å². The van der Waals surface area contributed by atoms with Crippen LogP contribution < -0.4 is 10.6 Å². The highest BCUT2D eigenvalue weighted by atomic mass is 16.7. The average molecular weight is 650 g/mol. The lowest BCUT2D eigenvalue weighted by molar-refractivity contribution is -0.255. The van der Waals surface area contributed by atoms with Gasteiger partial charge in [-0.05, 0) is 82.6 Å². The topological polar surface area (TPSA) is 126 Å². The van der Waals surface area contributed by atoms with Crippen LogP contribution in [0.25, 0.3) is 0 Å². The molecule has 2 saturated heterocycles. The van der Waals surface area contributed by atoms with Gasteiger partial charge in [-0.25, -0.2) is 0 Å². The largest absolute Gasteiger partial charge is 0.453 e. The lowest BCUT2D eigenvalue weighted by Crippen LogP contribution is -2.61. The molecular formula is C37H51N3O7. The molecule has 0 radical (unpaired) electrons. The van der Waals surface area contributed by atoms with Crippen molar-refractivity contribution in [3.63, 3.8) is 0 Å². The van der Waals surface area contributed by atoms with Gasteiger partial charge < -0.3 is 30.0 Å². The number of likely N-dealkylation sites (tertiary alicyclic amines) is 1.